The molecule has 0 aliphatic carbocycles. The molecule has 1 aromatic carbocycles. The molecule has 0 bridgehead atoms. The third-order valence-electron chi connectivity index (χ3n) is 11.9. The number of aliphatic hydroxyl groups is 3. The van der Waals surface area contributed by atoms with Crippen LogP contribution in [0.2, 0.25) is 0 Å². The van der Waals surface area contributed by atoms with E-state index in [-0.39, 0.29) is 37.5 Å². The first-order valence-corrected chi connectivity index (χ1v) is 24.7. The van der Waals surface area contributed by atoms with Crippen molar-refractivity contribution in [2.24, 2.45) is 23.5 Å². The van der Waals surface area contributed by atoms with Gasteiger partial charge in [0.1, 0.15) is 12.1 Å². The van der Waals surface area contributed by atoms with Crippen molar-refractivity contribution in [2.75, 3.05) is 26.4 Å². The van der Waals surface area contributed by atoms with Gasteiger partial charge in [-0.25, -0.2) is 9.55 Å². The Hall–Kier alpha value is -4.36. The minimum atomic E-state index is -4.84. The van der Waals surface area contributed by atoms with Crippen LogP contribution >= 0.6 is 7.82 Å². The SMILES string of the molecule is CC(=O)N1CCC[C@H]1C(=O)N[C@@H](CC(C)C)C(=O)C[C@@H](Cc1cncn1CCCCCCCCc1ccccc1)C(=O)N[C@@H](CO)C(=O)C[C@H](C(N)=O)[C@@H](C)OP(=O)(O)OCC[C@@H](O)CO. The highest BCUT2D eigenvalue weighted by Crippen LogP contribution is 2.46. The van der Waals surface area contributed by atoms with Gasteiger partial charge in [-0.05, 0) is 63.4 Å². The van der Waals surface area contributed by atoms with Gasteiger partial charge >= 0.3 is 7.82 Å². The number of primary amides is 1. The van der Waals surface area contributed by atoms with Crippen LogP contribution in [0.15, 0.2) is 42.9 Å². The summed E-state index contributed by atoms with van der Waals surface area (Å²) < 4.78 is 24.3. The van der Waals surface area contributed by atoms with Crippen molar-refractivity contribution in [1.82, 2.24) is 25.1 Å². The first kappa shape index (κ1) is 56.0. The monoisotopic (exact) mass is 948 g/mol. The van der Waals surface area contributed by atoms with E-state index in [1.807, 2.05) is 36.6 Å². The number of hydrogen-bond acceptors (Lipinski definition) is 13. The van der Waals surface area contributed by atoms with E-state index in [1.54, 1.807) is 12.5 Å². The van der Waals surface area contributed by atoms with Crippen molar-refractivity contribution in [3.8, 4) is 0 Å². The van der Waals surface area contributed by atoms with Crippen LogP contribution < -0.4 is 16.4 Å². The Morgan fingerprint density at radius 3 is 2.23 bits per heavy atom. The van der Waals surface area contributed by atoms with E-state index in [0.29, 0.717) is 31.6 Å². The van der Waals surface area contributed by atoms with Crippen LogP contribution in [0.4, 0.5) is 0 Å². The molecule has 8 atom stereocenters. The predicted molar refractivity (Wildman–Crippen MR) is 244 cm³/mol. The van der Waals surface area contributed by atoms with Gasteiger partial charge in [0.25, 0.3) is 0 Å². The van der Waals surface area contributed by atoms with E-state index in [0.717, 1.165) is 44.9 Å². The van der Waals surface area contributed by atoms with Crippen molar-refractivity contribution in [1.29, 1.82) is 0 Å². The van der Waals surface area contributed by atoms with Crippen LogP contribution in [0.5, 0.6) is 0 Å². The zero-order valence-electron chi connectivity index (χ0n) is 38.9. The molecule has 3 rings (SSSR count). The maximum Gasteiger partial charge on any atom is 0.472 e. The largest absolute Gasteiger partial charge is 0.472 e. The van der Waals surface area contributed by atoms with Gasteiger partial charge in [0.2, 0.25) is 23.6 Å². The molecule has 1 unspecified atom stereocenters. The number of imidazole rings is 1. The zero-order chi connectivity index (χ0) is 48.8. The van der Waals surface area contributed by atoms with Crippen molar-refractivity contribution in [3.63, 3.8) is 0 Å². The predicted octanol–water partition coefficient (Wildman–Crippen LogP) is 2.93. The van der Waals surface area contributed by atoms with Crippen molar-refractivity contribution in [3.05, 3.63) is 54.1 Å². The summed E-state index contributed by atoms with van der Waals surface area (Å²) in [5.41, 5.74) is 7.53. The van der Waals surface area contributed by atoms with Gasteiger partial charge in [-0.1, -0.05) is 69.9 Å². The zero-order valence-corrected chi connectivity index (χ0v) is 39.8. The molecule has 1 aliphatic heterocycles. The Kier molecular flexibility index (Phi) is 24.4. The number of aryl methyl sites for hydroxylation is 2. The van der Waals surface area contributed by atoms with E-state index < -0.39 is 106 Å². The van der Waals surface area contributed by atoms with E-state index in [4.69, 9.17) is 19.9 Å². The number of benzene rings is 1. The van der Waals surface area contributed by atoms with Gasteiger partial charge < -0.3 is 46.0 Å². The Balaban J connectivity index is 1.76. The summed E-state index contributed by atoms with van der Waals surface area (Å²) in [6.45, 7) is 5.39. The first-order valence-electron chi connectivity index (χ1n) is 23.2. The fourth-order valence-corrected chi connectivity index (χ4v) is 9.05. The second-order valence-electron chi connectivity index (χ2n) is 17.7. The van der Waals surface area contributed by atoms with E-state index in [1.165, 1.54) is 24.3 Å². The number of nitrogens with two attached hydrogens (primary N) is 1. The molecule has 4 amide bonds. The van der Waals surface area contributed by atoms with E-state index in [2.05, 4.69) is 27.8 Å². The fourth-order valence-electron chi connectivity index (χ4n) is 8.09. The molecule has 1 aliphatic rings. The lowest BCUT2D eigenvalue weighted by Crippen LogP contribution is -2.52. The molecular formula is C46H73N6O13P. The number of nitrogens with one attached hydrogen (secondary N) is 2. The Labute approximate surface area is 388 Å². The number of carbonyl (C=O) groups excluding carboxylic acids is 6. The molecule has 20 heteroatoms. The van der Waals surface area contributed by atoms with Gasteiger partial charge in [-0.3, -0.25) is 37.8 Å². The number of unbranched alkanes of at least 4 members (excludes halogenated alkanes) is 5. The van der Waals surface area contributed by atoms with Crippen molar-refractivity contribution >= 4 is 43.0 Å². The number of aliphatic hydroxyl groups excluding tert-OH is 3. The third kappa shape index (κ3) is 19.5. The summed E-state index contributed by atoms with van der Waals surface area (Å²) in [4.78, 5) is 96.4. The summed E-state index contributed by atoms with van der Waals surface area (Å²) in [5, 5.41) is 34.2. The second kappa shape index (κ2) is 28.7. The molecule has 1 saturated heterocycles. The number of phosphoric ester groups is 1. The molecule has 19 nitrogen and oxygen atoms in total. The molecule has 0 radical (unpaired) electrons. The Morgan fingerprint density at radius 2 is 1.59 bits per heavy atom. The van der Waals surface area contributed by atoms with Crippen LogP contribution in [0, 0.1) is 17.8 Å². The molecule has 66 heavy (non-hydrogen) atoms. The molecule has 2 heterocycles. The minimum absolute atomic E-state index is 0.00237. The third-order valence-corrected chi connectivity index (χ3v) is 13.0. The molecule has 8 N–H and O–H groups in total. The van der Waals surface area contributed by atoms with Crippen LogP contribution in [-0.2, 0) is 61.8 Å². The number of hydrogen-bond donors (Lipinski definition) is 7. The lowest BCUT2D eigenvalue weighted by atomic mass is 9.89. The lowest BCUT2D eigenvalue weighted by molar-refractivity contribution is -0.138. The smallest absolute Gasteiger partial charge is 0.394 e. The van der Waals surface area contributed by atoms with Crippen LogP contribution in [0.3, 0.4) is 0 Å². The number of nitrogens with zero attached hydrogens (tertiary/aromatic N) is 3. The van der Waals surface area contributed by atoms with E-state index in [9.17, 15) is 48.4 Å². The topological polar surface area (TPSA) is 290 Å². The number of likely N-dealkylation sites (tertiary alicyclic amines) is 1. The molecule has 0 saturated carbocycles. The second-order valence-corrected chi connectivity index (χ2v) is 19.1. The number of amides is 4. The maximum absolute atomic E-state index is 14.2. The van der Waals surface area contributed by atoms with Crippen LogP contribution in [-0.4, -0.2) is 127 Å². The summed E-state index contributed by atoms with van der Waals surface area (Å²) >= 11 is 0. The fraction of sp³-hybridized carbons (Fsp3) is 0.674. The number of phosphoric acid groups is 1. The van der Waals surface area contributed by atoms with E-state index >= 15 is 0 Å². The average Bonchev–Trinajstić information content (AvgIpc) is 3.95. The molecule has 2 aromatic rings. The molecule has 0 spiro atoms. The first-order chi connectivity index (χ1) is 31.3. The molecular weight excluding hydrogens is 876 g/mol. The van der Waals surface area contributed by atoms with Crippen LogP contribution in [0.25, 0.3) is 0 Å². The highest BCUT2D eigenvalue weighted by atomic mass is 31.2. The number of aromatic nitrogens is 2. The maximum atomic E-state index is 14.2. The van der Waals surface area contributed by atoms with Gasteiger partial charge in [-0.2, -0.15) is 0 Å². The van der Waals surface area contributed by atoms with Gasteiger partial charge in [0, 0.05) is 51.2 Å². The highest BCUT2D eigenvalue weighted by Gasteiger charge is 2.38. The summed E-state index contributed by atoms with van der Waals surface area (Å²) in [7, 11) is -4.84. The Bertz CT molecular complexity index is 1900. The standard InChI is InChI=1S/C46H73N6O13P/c1-31(2)23-39(49-46(61)41-18-14-21-52(41)33(4)55)42(57)25-35(24-36-27-48-30-51(36)20-13-8-6-5-7-10-15-34-16-11-9-12-17-34)45(60)50-40(29-54)43(58)26-38(44(47)59)32(3)65-66(62,63)64-22-19-37(56)28-53/h9,11-12,16-17,27,30-32,35,37-41,53-54,56H,5-8,10,13-15,18-26,28-29H2,1-4H3,(H2,47,59)(H,49,61)(H,50,60)(H,62,63)/t32-,35-,37-,38+,39+,40+,41+/m1/s1. The lowest BCUT2D eigenvalue weighted by Gasteiger charge is -2.27. The quantitative estimate of drug-likeness (QED) is 0.0400. The molecule has 370 valence electrons. The van der Waals surface area contributed by atoms with Crippen molar-refractivity contribution in [2.45, 2.75) is 154 Å². The summed E-state index contributed by atoms with van der Waals surface area (Å²) in [6, 6.07) is 7.05. The van der Waals surface area contributed by atoms with Crippen LogP contribution in [0.1, 0.15) is 116 Å². The van der Waals surface area contributed by atoms with Crippen molar-refractivity contribution < 1.29 is 62.6 Å². The Morgan fingerprint density at radius 1 is 0.924 bits per heavy atom. The van der Waals surface area contributed by atoms with Gasteiger partial charge in [0.15, 0.2) is 11.6 Å². The minimum Gasteiger partial charge on any atom is -0.394 e. The summed E-state index contributed by atoms with van der Waals surface area (Å²) in [5.74, 6) is -6.57. The number of Topliss-reactive ketones (excluding diaryl/α,β-unsaturated/α-hetero) is 2. The number of rotatable bonds is 33. The molecule has 1 fully saturated rings. The average molecular weight is 949 g/mol. The normalized spacial score (nSPS) is 17.6. The highest BCUT2D eigenvalue weighted by molar-refractivity contribution is 7.47. The van der Waals surface area contributed by atoms with Gasteiger partial charge in [0.05, 0.1) is 56.2 Å². The van der Waals surface area contributed by atoms with Gasteiger partial charge in [-0.15, -0.1) is 0 Å². The number of carbonyl (C=O) groups is 6. The molecule has 1 aromatic heterocycles. The number of ketones is 2. The summed E-state index contributed by atoms with van der Waals surface area (Å²) in [6.07, 6.45) is 7.83.